The Bertz CT molecular complexity index is 2230. The number of hydrogen-bond acceptors (Lipinski definition) is 17. The Morgan fingerprint density at radius 3 is 1.78 bits per heavy atom. The smallest absolute Gasteiger partial charge is 0.297 e. The molecule has 0 atom stereocenters. The topological polar surface area (TPSA) is 193 Å². The quantitative estimate of drug-likeness (QED) is 0.0370. The fraction of sp³-hybridized carbons (Fsp3) is 0.303. The Kier molecular flexibility index (Phi) is 14.9. The van der Waals surface area contributed by atoms with Crippen molar-refractivity contribution >= 4 is 132 Å². The SMILES string of the molecule is CCN(CC)c1ccc(N=Nc2ccc(Br)s2)c(Nc2nc(Nc3cc(N(CC)CC)ccc3N=Nc3sc(Br)cc3S(=O)(=O)O)nc(SCCO)n2)c1. The molecule has 0 saturated heterocycles. The molecule has 5 rings (SSSR count). The summed E-state index contributed by atoms with van der Waals surface area (Å²) in [6.07, 6.45) is 0. The van der Waals surface area contributed by atoms with E-state index in [1.54, 1.807) is 6.07 Å². The first-order valence-electron chi connectivity index (χ1n) is 16.6. The summed E-state index contributed by atoms with van der Waals surface area (Å²) in [7, 11) is -4.54. The van der Waals surface area contributed by atoms with Crippen molar-refractivity contribution in [1.82, 2.24) is 15.0 Å². The second-order valence-electron chi connectivity index (χ2n) is 11.0. The summed E-state index contributed by atoms with van der Waals surface area (Å²) in [6, 6.07) is 16.4. The number of halogens is 2. The highest BCUT2D eigenvalue weighted by atomic mass is 79.9. The van der Waals surface area contributed by atoms with Gasteiger partial charge in [0.2, 0.25) is 11.9 Å². The molecule has 0 radical (unpaired) electrons. The third kappa shape index (κ3) is 11.0. The van der Waals surface area contributed by atoms with E-state index in [1.165, 1.54) is 29.2 Å². The maximum absolute atomic E-state index is 12.0. The standard InChI is InChI=1S/C33H37Br2N11O4S4/c1-5-45(6-2)20-9-11-22(41-43-29-14-13-27(34)52-29)24(17-20)36-31-38-32(40-33(39-31)51-16-15-47)37-25-18-21(46(7-3)8-4)10-12-23(25)42-44-30-26(54(48,49)50)19-28(35)53-30/h9-14,17-19,47H,5-8,15-16H2,1-4H3,(H,48,49,50)(H2,36,37,38,39,40). The molecule has 0 aliphatic rings. The van der Waals surface area contributed by atoms with Crippen molar-refractivity contribution in [2.75, 3.05) is 59.0 Å². The predicted octanol–water partition coefficient (Wildman–Crippen LogP) is 10.9. The maximum atomic E-state index is 12.0. The third-order valence-electron chi connectivity index (χ3n) is 7.64. The molecule has 3 heterocycles. The predicted molar refractivity (Wildman–Crippen MR) is 226 cm³/mol. The molecule has 15 nitrogen and oxygen atoms in total. The lowest BCUT2D eigenvalue weighted by Gasteiger charge is -2.22. The molecule has 0 saturated carbocycles. The molecule has 0 spiro atoms. The third-order valence-corrected chi connectivity index (χ3v) is 12.5. The van der Waals surface area contributed by atoms with Crippen LogP contribution in [0.4, 0.5) is 56.0 Å². The zero-order valence-corrected chi connectivity index (χ0v) is 36.0. The first kappa shape index (κ1) is 41.6. The highest BCUT2D eigenvalue weighted by molar-refractivity contribution is 9.11. The van der Waals surface area contributed by atoms with E-state index in [0.717, 1.165) is 57.7 Å². The van der Waals surface area contributed by atoms with E-state index in [-0.39, 0.29) is 28.4 Å². The summed E-state index contributed by atoms with van der Waals surface area (Å²) >= 11 is 10.5. The van der Waals surface area contributed by atoms with Crippen molar-refractivity contribution in [3.8, 4) is 0 Å². The van der Waals surface area contributed by atoms with Crippen molar-refractivity contribution in [2.24, 2.45) is 20.5 Å². The number of thioether (sulfide) groups is 1. The van der Waals surface area contributed by atoms with Crippen LogP contribution in [0.3, 0.4) is 0 Å². The molecule has 0 unspecified atom stereocenters. The lowest BCUT2D eigenvalue weighted by molar-refractivity contribution is 0.322. The summed E-state index contributed by atoms with van der Waals surface area (Å²) in [5, 5.41) is 34.9. The molecule has 2 aromatic carbocycles. The minimum Gasteiger partial charge on any atom is -0.396 e. The summed E-state index contributed by atoms with van der Waals surface area (Å²) in [6.45, 7) is 11.3. The first-order chi connectivity index (χ1) is 25.9. The van der Waals surface area contributed by atoms with Gasteiger partial charge in [-0.2, -0.15) is 23.4 Å². The second kappa shape index (κ2) is 19.3. The number of benzene rings is 2. The molecule has 0 aliphatic heterocycles. The van der Waals surface area contributed by atoms with Crippen LogP contribution in [0.1, 0.15) is 27.7 Å². The van der Waals surface area contributed by atoms with Gasteiger partial charge >= 0.3 is 0 Å². The van der Waals surface area contributed by atoms with E-state index < -0.39 is 10.1 Å². The molecule has 0 fully saturated rings. The number of anilines is 6. The van der Waals surface area contributed by atoms with Gasteiger partial charge in [0.05, 0.1) is 25.6 Å². The van der Waals surface area contributed by atoms with Crippen molar-refractivity contribution < 1.29 is 18.1 Å². The van der Waals surface area contributed by atoms with Crippen LogP contribution in [0.5, 0.6) is 0 Å². The van der Waals surface area contributed by atoms with Gasteiger partial charge in [0.15, 0.2) is 10.2 Å². The number of azo groups is 2. The normalized spacial score (nSPS) is 11.9. The molecule has 286 valence electrons. The molecule has 0 aliphatic carbocycles. The Balaban J connectivity index is 1.57. The number of hydrogen-bond donors (Lipinski definition) is 4. The fourth-order valence-corrected chi connectivity index (χ4v) is 9.30. The average molecular weight is 940 g/mol. The van der Waals surface area contributed by atoms with Gasteiger partial charge in [0.1, 0.15) is 21.3 Å². The molecule has 5 aromatic rings. The molecule has 0 amide bonds. The van der Waals surface area contributed by atoms with E-state index in [0.29, 0.717) is 37.4 Å². The zero-order valence-electron chi connectivity index (χ0n) is 29.6. The summed E-state index contributed by atoms with van der Waals surface area (Å²) in [5.74, 6) is 0.730. The molecule has 4 N–H and O–H groups in total. The number of thiophene rings is 2. The van der Waals surface area contributed by atoms with E-state index in [4.69, 9.17) is 4.98 Å². The van der Waals surface area contributed by atoms with Crippen LogP contribution in [0.2, 0.25) is 0 Å². The molecule has 54 heavy (non-hydrogen) atoms. The van der Waals surface area contributed by atoms with Crippen LogP contribution < -0.4 is 20.4 Å². The number of nitrogens with one attached hydrogen (secondary N) is 2. The Morgan fingerprint density at radius 1 is 0.741 bits per heavy atom. The van der Waals surface area contributed by atoms with Crippen LogP contribution in [0.25, 0.3) is 0 Å². The van der Waals surface area contributed by atoms with Crippen LogP contribution in [-0.2, 0) is 10.1 Å². The van der Waals surface area contributed by atoms with Gasteiger partial charge in [-0.05, 0) is 114 Å². The zero-order chi connectivity index (χ0) is 38.8. The number of nitrogens with zero attached hydrogens (tertiary/aromatic N) is 9. The fourth-order valence-electron chi connectivity index (χ4n) is 5.06. The molecule has 0 bridgehead atoms. The summed E-state index contributed by atoms with van der Waals surface area (Å²) < 4.78 is 35.2. The highest BCUT2D eigenvalue weighted by Gasteiger charge is 2.20. The minimum absolute atomic E-state index is 0.00379. The first-order valence-corrected chi connectivity index (χ1v) is 22.3. The van der Waals surface area contributed by atoms with Gasteiger partial charge in [-0.1, -0.05) is 11.8 Å². The van der Waals surface area contributed by atoms with Crippen LogP contribution in [-0.4, -0.2) is 71.6 Å². The van der Waals surface area contributed by atoms with Crippen LogP contribution >= 0.6 is 66.3 Å². The average Bonchev–Trinajstić information content (AvgIpc) is 3.75. The molecule has 21 heteroatoms. The van der Waals surface area contributed by atoms with Crippen LogP contribution in [0.15, 0.2) is 92.7 Å². The van der Waals surface area contributed by atoms with Crippen LogP contribution in [0, 0.1) is 0 Å². The Morgan fingerprint density at radius 2 is 1.30 bits per heavy atom. The molecular formula is C33H37Br2N11O4S4. The monoisotopic (exact) mass is 937 g/mol. The van der Waals surface area contributed by atoms with Crippen molar-refractivity contribution in [3.05, 3.63) is 62.2 Å². The van der Waals surface area contributed by atoms with Gasteiger partial charge in [-0.15, -0.1) is 43.1 Å². The van der Waals surface area contributed by atoms with Gasteiger partial charge in [0, 0.05) is 43.3 Å². The van der Waals surface area contributed by atoms with Crippen molar-refractivity contribution in [3.63, 3.8) is 0 Å². The van der Waals surface area contributed by atoms with E-state index >= 15 is 0 Å². The Labute approximate surface area is 342 Å². The lowest BCUT2D eigenvalue weighted by atomic mass is 10.2. The highest BCUT2D eigenvalue weighted by Crippen LogP contribution is 2.40. The molecular weight excluding hydrogens is 903 g/mol. The van der Waals surface area contributed by atoms with E-state index in [2.05, 4.69) is 96.6 Å². The van der Waals surface area contributed by atoms with Crippen molar-refractivity contribution in [2.45, 2.75) is 37.7 Å². The van der Waals surface area contributed by atoms with E-state index in [9.17, 15) is 18.1 Å². The number of rotatable bonds is 18. The summed E-state index contributed by atoms with van der Waals surface area (Å²) in [4.78, 5) is 18.0. The number of aliphatic hydroxyl groups excluding tert-OH is 1. The largest absolute Gasteiger partial charge is 0.396 e. The van der Waals surface area contributed by atoms with E-state index in [1.807, 2.05) is 56.3 Å². The van der Waals surface area contributed by atoms with Gasteiger partial charge in [0.25, 0.3) is 10.1 Å². The van der Waals surface area contributed by atoms with Gasteiger partial charge in [-0.3, -0.25) is 4.55 Å². The number of aliphatic hydroxyl groups is 1. The number of aromatic nitrogens is 3. The minimum atomic E-state index is -4.54. The summed E-state index contributed by atoms with van der Waals surface area (Å²) in [5.41, 5.74) is 3.87. The van der Waals surface area contributed by atoms with Gasteiger partial charge < -0.3 is 25.5 Å². The Hall–Kier alpha value is -3.57. The lowest BCUT2D eigenvalue weighted by Crippen LogP contribution is -2.21. The maximum Gasteiger partial charge on any atom is 0.297 e. The van der Waals surface area contributed by atoms with Crippen molar-refractivity contribution in [1.29, 1.82) is 0 Å². The molecule has 3 aromatic heterocycles. The van der Waals surface area contributed by atoms with Gasteiger partial charge in [-0.25, -0.2) is 0 Å². The second-order valence-corrected chi connectivity index (χ2v) is 18.3.